The summed E-state index contributed by atoms with van der Waals surface area (Å²) in [6.07, 6.45) is 1.01. The smallest absolute Gasteiger partial charge is 0.256 e. The highest BCUT2D eigenvalue weighted by Crippen LogP contribution is 2.16. The molecule has 1 atom stereocenters. The van der Waals surface area contributed by atoms with Gasteiger partial charge >= 0.3 is 0 Å². The number of hydrogen-bond donors (Lipinski definition) is 2. The van der Waals surface area contributed by atoms with E-state index in [4.69, 9.17) is 0 Å². The molecule has 0 aliphatic rings. The average molecular weight is 362 g/mol. The zero-order valence-electron chi connectivity index (χ0n) is 14.4. The Morgan fingerprint density at radius 2 is 1.68 bits per heavy atom. The van der Waals surface area contributed by atoms with Crippen molar-refractivity contribution in [3.05, 3.63) is 48.0 Å². The summed E-state index contributed by atoms with van der Waals surface area (Å²) in [5.41, 5.74) is 0.822. The molecule has 25 heavy (non-hydrogen) atoms. The number of fused-ring (bicyclic) bond motifs is 1. The molecular weight excluding hydrogens is 340 g/mol. The van der Waals surface area contributed by atoms with Crippen molar-refractivity contribution in [1.29, 1.82) is 0 Å². The highest BCUT2D eigenvalue weighted by molar-refractivity contribution is 7.89. The van der Waals surface area contributed by atoms with Gasteiger partial charge in [0, 0.05) is 0 Å². The van der Waals surface area contributed by atoms with Crippen LogP contribution in [-0.4, -0.2) is 32.5 Å². The zero-order chi connectivity index (χ0) is 18.6. The van der Waals surface area contributed by atoms with Gasteiger partial charge in [0.05, 0.1) is 12.7 Å². The van der Waals surface area contributed by atoms with E-state index in [9.17, 15) is 18.0 Å². The Morgan fingerprint density at radius 1 is 1.04 bits per heavy atom. The minimum atomic E-state index is -3.67. The highest BCUT2D eigenvalue weighted by atomic mass is 32.2. The molecule has 0 bridgehead atoms. The van der Waals surface area contributed by atoms with E-state index in [1.54, 1.807) is 13.8 Å². The van der Waals surface area contributed by atoms with E-state index in [0.29, 0.717) is 0 Å². The molecule has 7 heteroatoms. The first-order valence-electron chi connectivity index (χ1n) is 7.94. The molecule has 134 valence electrons. The maximum absolute atomic E-state index is 12.3. The number of nitrogens with one attached hydrogen (secondary N) is 2. The van der Waals surface area contributed by atoms with E-state index in [1.807, 2.05) is 47.2 Å². The first-order valence-corrected chi connectivity index (χ1v) is 9.83. The van der Waals surface area contributed by atoms with Gasteiger partial charge in [0.15, 0.2) is 0 Å². The Balaban J connectivity index is 2.08. The van der Waals surface area contributed by atoms with Crippen LogP contribution in [0.15, 0.2) is 42.5 Å². The molecular formula is C18H22N2O4S. The molecule has 6 nitrogen and oxygen atoms in total. The average Bonchev–Trinajstić information content (AvgIpc) is 2.50. The molecule has 2 N–H and O–H groups in total. The second-order valence-corrected chi connectivity index (χ2v) is 8.13. The van der Waals surface area contributed by atoms with Gasteiger partial charge < -0.3 is 5.32 Å². The van der Waals surface area contributed by atoms with Crippen LogP contribution in [-0.2, 0) is 26.0 Å². The fourth-order valence-electron chi connectivity index (χ4n) is 2.54. The maximum atomic E-state index is 12.3. The standard InChI is InChI=1S/C18H22N2O4S/c1-12(2)17(18(22)20-25(3,23)24)19-16(21)11-13-8-9-14-6-4-5-7-15(14)10-13/h4-10,12,17H,11H2,1-3H3,(H,19,21)(H,20,22). The summed E-state index contributed by atoms with van der Waals surface area (Å²) in [4.78, 5) is 24.4. The van der Waals surface area contributed by atoms with Gasteiger partial charge in [-0.25, -0.2) is 8.42 Å². The minimum absolute atomic E-state index is 0.111. The fraction of sp³-hybridized carbons (Fsp3) is 0.333. The van der Waals surface area contributed by atoms with Gasteiger partial charge in [-0.3, -0.25) is 14.3 Å². The molecule has 0 aliphatic heterocycles. The number of sulfonamides is 1. The van der Waals surface area contributed by atoms with Crippen molar-refractivity contribution in [3.8, 4) is 0 Å². The van der Waals surface area contributed by atoms with Crippen LogP contribution >= 0.6 is 0 Å². The Labute approximate surface area is 147 Å². The summed E-state index contributed by atoms with van der Waals surface area (Å²) in [6.45, 7) is 3.48. The van der Waals surface area contributed by atoms with Crippen LogP contribution in [0.1, 0.15) is 19.4 Å². The molecule has 0 aromatic heterocycles. The molecule has 2 amide bonds. The van der Waals surface area contributed by atoms with Crippen molar-refractivity contribution in [1.82, 2.24) is 10.0 Å². The lowest BCUT2D eigenvalue weighted by molar-refractivity contribution is -0.128. The largest absolute Gasteiger partial charge is 0.344 e. The molecule has 0 saturated heterocycles. The summed E-state index contributed by atoms with van der Waals surface area (Å²) >= 11 is 0. The fourth-order valence-corrected chi connectivity index (χ4v) is 3.03. The van der Waals surface area contributed by atoms with Gasteiger partial charge in [-0.2, -0.15) is 0 Å². The number of benzene rings is 2. The summed E-state index contributed by atoms with van der Waals surface area (Å²) in [5.74, 6) is -1.32. The Morgan fingerprint density at radius 3 is 2.28 bits per heavy atom. The molecule has 1 unspecified atom stereocenters. The molecule has 0 radical (unpaired) electrons. The monoisotopic (exact) mass is 362 g/mol. The second-order valence-electron chi connectivity index (χ2n) is 6.39. The first-order chi connectivity index (χ1) is 11.7. The van der Waals surface area contributed by atoms with Gasteiger partial charge in [0.1, 0.15) is 6.04 Å². The van der Waals surface area contributed by atoms with Crippen LogP contribution in [0.4, 0.5) is 0 Å². The van der Waals surface area contributed by atoms with Crippen molar-refractivity contribution >= 4 is 32.6 Å². The van der Waals surface area contributed by atoms with E-state index in [0.717, 1.165) is 22.6 Å². The number of rotatable bonds is 6. The van der Waals surface area contributed by atoms with Crippen LogP contribution in [0, 0.1) is 5.92 Å². The van der Waals surface area contributed by atoms with Crippen molar-refractivity contribution in [2.45, 2.75) is 26.3 Å². The number of amides is 2. The Bertz CT molecular complexity index is 891. The van der Waals surface area contributed by atoms with Crippen molar-refractivity contribution in [2.75, 3.05) is 6.26 Å². The van der Waals surface area contributed by atoms with E-state index < -0.39 is 22.0 Å². The lowest BCUT2D eigenvalue weighted by atomic mass is 10.0. The quantitative estimate of drug-likeness (QED) is 0.816. The number of carbonyl (C=O) groups excluding carboxylic acids is 2. The van der Waals surface area contributed by atoms with Gasteiger partial charge in [-0.1, -0.05) is 56.3 Å². The molecule has 2 aromatic carbocycles. The lowest BCUT2D eigenvalue weighted by Crippen LogP contribution is -2.51. The summed E-state index contributed by atoms with van der Waals surface area (Å²) in [5, 5.41) is 4.73. The predicted octanol–water partition coefficient (Wildman–Crippen LogP) is 1.60. The van der Waals surface area contributed by atoms with Gasteiger partial charge in [0.2, 0.25) is 15.9 Å². The normalized spacial score (nSPS) is 12.8. The second kappa shape index (κ2) is 7.65. The number of hydrogen-bond acceptors (Lipinski definition) is 4. The Kier molecular flexibility index (Phi) is 5.79. The third-order valence-electron chi connectivity index (χ3n) is 3.73. The van der Waals surface area contributed by atoms with E-state index in [-0.39, 0.29) is 18.2 Å². The summed E-state index contributed by atoms with van der Waals surface area (Å²) < 4.78 is 24.4. The van der Waals surface area contributed by atoms with Gasteiger partial charge in [0.25, 0.3) is 5.91 Å². The summed E-state index contributed by atoms with van der Waals surface area (Å²) in [6, 6.07) is 12.6. The molecule has 0 spiro atoms. The topological polar surface area (TPSA) is 92.3 Å². The van der Waals surface area contributed by atoms with Crippen LogP contribution in [0.5, 0.6) is 0 Å². The van der Waals surface area contributed by atoms with Crippen molar-refractivity contribution in [2.24, 2.45) is 5.92 Å². The van der Waals surface area contributed by atoms with Crippen molar-refractivity contribution in [3.63, 3.8) is 0 Å². The van der Waals surface area contributed by atoms with E-state index >= 15 is 0 Å². The first kappa shape index (κ1) is 18.9. The molecule has 0 fully saturated rings. The molecule has 0 saturated carbocycles. The third-order valence-corrected chi connectivity index (χ3v) is 4.30. The molecule has 0 aliphatic carbocycles. The zero-order valence-corrected chi connectivity index (χ0v) is 15.3. The SMILES string of the molecule is CC(C)C(NC(=O)Cc1ccc2ccccc2c1)C(=O)NS(C)(=O)=O. The third kappa shape index (κ3) is 5.56. The lowest BCUT2D eigenvalue weighted by Gasteiger charge is -2.21. The van der Waals surface area contributed by atoms with Gasteiger partial charge in [-0.15, -0.1) is 0 Å². The molecule has 2 rings (SSSR count). The Hall–Kier alpha value is -2.41. The van der Waals surface area contributed by atoms with E-state index in [1.165, 1.54) is 0 Å². The van der Waals surface area contributed by atoms with E-state index in [2.05, 4.69) is 5.32 Å². The van der Waals surface area contributed by atoms with Gasteiger partial charge in [-0.05, 0) is 22.3 Å². The molecule has 0 heterocycles. The molecule has 2 aromatic rings. The number of carbonyl (C=O) groups is 2. The minimum Gasteiger partial charge on any atom is -0.344 e. The van der Waals surface area contributed by atoms with Crippen LogP contribution in [0.3, 0.4) is 0 Å². The van der Waals surface area contributed by atoms with Crippen molar-refractivity contribution < 1.29 is 18.0 Å². The highest BCUT2D eigenvalue weighted by Gasteiger charge is 2.26. The van der Waals surface area contributed by atoms with Crippen LogP contribution < -0.4 is 10.0 Å². The van der Waals surface area contributed by atoms with Crippen LogP contribution in [0.2, 0.25) is 0 Å². The summed E-state index contributed by atoms with van der Waals surface area (Å²) in [7, 11) is -3.67. The maximum Gasteiger partial charge on any atom is 0.256 e. The predicted molar refractivity (Wildman–Crippen MR) is 97.4 cm³/mol. The van der Waals surface area contributed by atoms with Crippen LogP contribution in [0.25, 0.3) is 10.8 Å².